The summed E-state index contributed by atoms with van der Waals surface area (Å²) in [5, 5.41) is 0. The van der Waals surface area contributed by atoms with E-state index in [1.807, 2.05) is 6.08 Å². The minimum atomic E-state index is -0.0877. The van der Waals surface area contributed by atoms with Crippen LogP contribution in [0.5, 0.6) is 0 Å². The molecule has 0 aromatic rings. The molecule has 0 spiro atoms. The lowest BCUT2D eigenvalue weighted by Gasteiger charge is -2.19. The summed E-state index contributed by atoms with van der Waals surface area (Å²) in [6.45, 7) is 1.74. The van der Waals surface area contributed by atoms with Crippen LogP contribution in [0.2, 0.25) is 0 Å². The molecule has 0 amide bonds. The Hall–Kier alpha value is -1.25. The number of carbonyl (C=O) groups is 1. The number of carbonyl (C=O) groups excluding carboxylic acids is 1. The van der Waals surface area contributed by atoms with Crippen LogP contribution >= 0.6 is 0 Å². The highest BCUT2D eigenvalue weighted by Crippen LogP contribution is 2.28. The molecule has 13 heavy (non-hydrogen) atoms. The molecular weight excluding hydrogens is 166 g/mol. The Labute approximate surface area is 77.7 Å². The molecule has 2 heterocycles. The summed E-state index contributed by atoms with van der Waals surface area (Å²) in [6.07, 6.45) is 7.05. The molecule has 3 heteroatoms. The Morgan fingerprint density at radius 1 is 1.69 bits per heavy atom. The van der Waals surface area contributed by atoms with Gasteiger partial charge in [0.2, 0.25) is 0 Å². The summed E-state index contributed by atoms with van der Waals surface area (Å²) in [5.74, 6) is -0.0496. The Balaban J connectivity index is 2.06. The maximum absolute atomic E-state index is 11.3. The first-order valence-corrected chi connectivity index (χ1v) is 4.49. The van der Waals surface area contributed by atoms with Crippen molar-refractivity contribution >= 4 is 5.97 Å². The van der Waals surface area contributed by atoms with Gasteiger partial charge in [-0.1, -0.05) is 12.2 Å². The van der Waals surface area contributed by atoms with E-state index in [1.165, 1.54) is 12.8 Å². The number of allylic oxidation sites excluding steroid dienone is 3. The van der Waals surface area contributed by atoms with Crippen LogP contribution in [0, 0.1) is 5.92 Å². The lowest BCUT2D eigenvalue weighted by Crippen LogP contribution is -2.24. The third-order valence-corrected chi connectivity index (χ3v) is 2.59. The van der Waals surface area contributed by atoms with E-state index >= 15 is 0 Å². The van der Waals surface area contributed by atoms with Crippen LogP contribution in [0.25, 0.3) is 0 Å². The van der Waals surface area contributed by atoms with E-state index in [-0.39, 0.29) is 11.9 Å². The van der Waals surface area contributed by atoms with Gasteiger partial charge in [-0.05, 0) is 6.08 Å². The molecule has 0 N–H and O–H groups in total. The molecule has 0 saturated carbocycles. The van der Waals surface area contributed by atoms with Crippen molar-refractivity contribution in [3.8, 4) is 0 Å². The van der Waals surface area contributed by atoms with Crippen molar-refractivity contribution in [2.45, 2.75) is 6.42 Å². The lowest BCUT2D eigenvalue weighted by molar-refractivity contribution is -0.144. The van der Waals surface area contributed by atoms with Gasteiger partial charge >= 0.3 is 5.97 Å². The lowest BCUT2D eigenvalue weighted by atomic mass is 10.1. The average Bonchev–Trinajstić information content (AvgIpc) is 2.59. The molecule has 2 aliphatic rings. The van der Waals surface area contributed by atoms with Crippen molar-refractivity contribution in [1.29, 1.82) is 0 Å². The molecule has 1 unspecified atom stereocenters. The summed E-state index contributed by atoms with van der Waals surface area (Å²) >= 11 is 0. The third-order valence-electron chi connectivity index (χ3n) is 2.59. The van der Waals surface area contributed by atoms with Gasteiger partial charge in [-0.3, -0.25) is 4.79 Å². The van der Waals surface area contributed by atoms with Crippen molar-refractivity contribution in [1.82, 2.24) is 4.90 Å². The Bertz CT molecular complexity index is 281. The number of ether oxygens (including phenoxy) is 1. The fourth-order valence-corrected chi connectivity index (χ4v) is 1.89. The highest BCUT2D eigenvalue weighted by Gasteiger charge is 2.31. The summed E-state index contributed by atoms with van der Waals surface area (Å²) in [4.78, 5) is 13.5. The van der Waals surface area contributed by atoms with Crippen molar-refractivity contribution in [2.24, 2.45) is 5.92 Å². The second-order valence-electron chi connectivity index (χ2n) is 3.42. The zero-order chi connectivity index (χ0) is 9.26. The molecule has 0 bridgehead atoms. The molecule has 0 aliphatic carbocycles. The van der Waals surface area contributed by atoms with E-state index in [4.69, 9.17) is 4.74 Å². The van der Waals surface area contributed by atoms with Gasteiger partial charge in [-0.2, -0.15) is 0 Å². The molecule has 2 aliphatic heterocycles. The summed E-state index contributed by atoms with van der Waals surface area (Å²) in [7, 11) is 1.45. The van der Waals surface area contributed by atoms with Gasteiger partial charge < -0.3 is 9.64 Å². The van der Waals surface area contributed by atoms with Gasteiger partial charge in [-0.15, -0.1) is 0 Å². The predicted molar refractivity (Wildman–Crippen MR) is 48.9 cm³/mol. The number of hydrogen-bond acceptors (Lipinski definition) is 3. The Morgan fingerprint density at radius 3 is 3.23 bits per heavy atom. The van der Waals surface area contributed by atoms with Gasteiger partial charge in [0.15, 0.2) is 0 Å². The number of fused-ring (bicyclic) bond motifs is 1. The van der Waals surface area contributed by atoms with Crippen molar-refractivity contribution < 1.29 is 9.53 Å². The Kier molecular flexibility index (Phi) is 2.08. The normalized spacial score (nSPS) is 25.5. The van der Waals surface area contributed by atoms with Crippen molar-refractivity contribution in [3.63, 3.8) is 0 Å². The molecule has 70 valence electrons. The zero-order valence-corrected chi connectivity index (χ0v) is 7.69. The maximum atomic E-state index is 11.3. The van der Waals surface area contributed by atoms with Gasteiger partial charge in [0.25, 0.3) is 0 Å². The number of rotatable bonds is 1. The van der Waals surface area contributed by atoms with Gasteiger partial charge in [0.1, 0.15) is 0 Å². The minimum Gasteiger partial charge on any atom is -0.469 e. The largest absolute Gasteiger partial charge is 0.469 e. The molecule has 1 saturated heterocycles. The molecule has 0 radical (unpaired) electrons. The first-order valence-electron chi connectivity index (χ1n) is 4.49. The topological polar surface area (TPSA) is 29.5 Å². The Morgan fingerprint density at radius 2 is 2.54 bits per heavy atom. The first-order chi connectivity index (χ1) is 6.31. The molecule has 2 rings (SSSR count). The van der Waals surface area contributed by atoms with Crippen LogP contribution in [0.1, 0.15) is 6.42 Å². The molecule has 1 fully saturated rings. The fraction of sp³-hybridized carbons (Fsp3) is 0.500. The van der Waals surface area contributed by atoms with Crippen LogP contribution < -0.4 is 0 Å². The van der Waals surface area contributed by atoms with Crippen LogP contribution in [0.15, 0.2) is 23.9 Å². The molecule has 1 atom stereocenters. The van der Waals surface area contributed by atoms with Crippen LogP contribution in [-0.2, 0) is 9.53 Å². The minimum absolute atomic E-state index is 0.0381. The van der Waals surface area contributed by atoms with E-state index in [1.54, 1.807) is 0 Å². The van der Waals surface area contributed by atoms with Crippen LogP contribution in [-0.4, -0.2) is 31.1 Å². The number of esters is 1. The van der Waals surface area contributed by atoms with E-state index in [2.05, 4.69) is 17.1 Å². The van der Waals surface area contributed by atoms with E-state index < -0.39 is 0 Å². The highest BCUT2D eigenvalue weighted by atomic mass is 16.5. The van der Waals surface area contributed by atoms with Crippen LogP contribution in [0.3, 0.4) is 0 Å². The first kappa shape index (κ1) is 8.35. The SMILES string of the molecule is COC(=O)C1CC2=CC=CCN2C1. The molecule has 0 aromatic carbocycles. The van der Waals surface area contributed by atoms with E-state index in [0.29, 0.717) is 0 Å². The summed E-state index contributed by atoms with van der Waals surface area (Å²) in [5.41, 5.74) is 1.26. The average molecular weight is 179 g/mol. The number of nitrogens with zero attached hydrogens (tertiary/aromatic N) is 1. The van der Waals surface area contributed by atoms with E-state index in [9.17, 15) is 4.79 Å². The van der Waals surface area contributed by atoms with E-state index in [0.717, 1.165) is 19.5 Å². The van der Waals surface area contributed by atoms with Gasteiger partial charge in [0, 0.05) is 25.2 Å². The maximum Gasteiger partial charge on any atom is 0.310 e. The van der Waals surface area contributed by atoms with Crippen molar-refractivity contribution in [2.75, 3.05) is 20.2 Å². The monoisotopic (exact) mass is 179 g/mol. The zero-order valence-electron chi connectivity index (χ0n) is 7.69. The summed E-state index contributed by atoms with van der Waals surface area (Å²) in [6, 6.07) is 0. The third kappa shape index (κ3) is 1.46. The highest BCUT2D eigenvalue weighted by molar-refractivity contribution is 5.73. The van der Waals surface area contributed by atoms with Gasteiger partial charge in [0.05, 0.1) is 13.0 Å². The van der Waals surface area contributed by atoms with Crippen LogP contribution in [0.4, 0.5) is 0 Å². The van der Waals surface area contributed by atoms with Gasteiger partial charge in [-0.25, -0.2) is 0 Å². The standard InChI is InChI=1S/C10H13NO2/c1-13-10(12)8-6-9-4-2-3-5-11(9)7-8/h2-4,8H,5-7H2,1H3. The fourth-order valence-electron chi connectivity index (χ4n) is 1.89. The number of hydrogen-bond donors (Lipinski definition) is 0. The second-order valence-corrected chi connectivity index (χ2v) is 3.42. The quantitative estimate of drug-likeness (QED) is 0.561. The summed E-state index contributed by atoms with van der Waals surface area (Å²) < 4.78 is 4.73. The molecule has 0 aromatic heterocycles. The predicted octanol–water partition coefficient (Wildman–Crippen LogP) is 0.935. The molecular formula is C10H13NO2. The smallest absolute Gasteiger partial charge is 0.310 e. The number of methoxy groups -OCH3 is 1. The second kappa shape index (κ2) is 3.24. The van der Waals surface area contributed by atoms with Crippen molar-refractivity contribution in [3.05, 3.63) is 23.9 Å². The molecule has 3 nitrogen and oxygen atoms in total.